The summed E-state index contributed by atoms with van der Waals surface area (Å²) in [7, 11) is 0. The first-order valence-corrected chi connectivity index (χ1v) is 15.8. The van der Waals surface area contributed by atoms with Gasteiger partial charge in [0.2, 0.25) is 5.95 Å². The lowest BCUT2D eigenvalue weighted by atomic mass is 10.0. The average molecular weight is 594 g/mol. The molecule has 4 nitrogen and oxygen atoms in total. The van der Waals surface area contributed by atoms with Gasteiger partial charge in [-0.2, -0.15) is 0 Å². The molecule has 0 N–H and O–H groups in total. The molecular formula is C40H23N3OS. The lowest BCUT2D eigenvalue weighted by Gasteiger charge is -2.11. The number of aromatic nitrogens is 3. The Morgan fingerprint density at radius 1 is 0.533 bits per heavy atom. The zero-order valence-electron chi connectivity index (χ0n) is 23.9. The first-order chi connectivity index (χ1) is 22.3. The van der Waals surface area contributed by atoms with Gasteiger partial charge >= 0.3 is 0 Å². The van der Waals surface area contributed by atoms with E-state index in [1.807, 2.05) is 35.6 Å². The minimum atomic E-state index is 0.628. The van der Waals surface area contributed by atoms with Crippen LogP contribution in [0.25, 0.3) is 92.4 Å². The molecule has 45 heavy (non-hydrogen) atoms. The number of hydrogen-bond donors (Lipinski definition) is 0. The molecule has 0 aliphatic rings. The third kappa shape index (κ3) is 3.59. The van der Waals surface area contributed by atoms with Crippen LogP contribution in [0.2, 0.25) is 0 Å². The van der Waals surface area contributed by atoms with Crippen molar-refractivity contribution in [2.75, 3.05) is 0 Å². The van der Waals surface area contributed by atoms with Crippen molar-refractivity contribution in [2.24, 2.45) is 0 Å². The Bertz CT molecular complexity index is 2770. The molecule has 4 heterocycles. The first-order valence-electron chi connectivity index (χ1n) is 15.0. The summed E-state index contributed by atoms with van der Waals surface area (Å²) >= 11 is 1.83. The number of rotatable bonds is 3. The minimum absolute atomic E-state index is 0.628. The maximum absolute atomic E-state index is 6.51. The van der Waals surface area contributed by atoms with Crippen LogP contribution < -0.4 is 0 Å². The third-order valence-electron chi connectivity index (χ3n) is 8.83. The third-order valence-corrected chi connectivity index (χ3v) is 9.96. The summed E-state index contributed by atoms with van der Waals surface area (Å²) < 4.78 is 11.3. The Morgan fingerprint density at radius 3 is 2.18 bits per heavy atom. The van der Waals surface area contributed by atoms with E-state index >= 15 is 0 Å². The lowest BCUT2D eigenvalue weighted by molar-refractivity contribution is 0.666. The molecule has 0 aliphatic carbocycles. The molecule has 10 rings (SSSR count). The summed E-state index contributed by atoms with van der Waals surface area (Å²) in [5.41, 5.74) is 8.54. The molecule has 0 saturated heterocycles. The minimum Gasteiger partial charge on any atom is -0.452 e. The molecule has 6 aromatic carbocycles. The number of fused-ring (bicyclic) bond motifs is 10. The van der Waals surface area contributed by atoms with Crippen LogP contribution in [0, 0.1) is 0 Å². The molecular weight excluding hydrogens is 571 g/mol. The Kier molecular flexibility index (Phi) is 5.12. The van der Waals surface area contributed by atoms with Crippen LogP contribution in [-0.2, 0) is 0 Å². The fourth-order valence-electron chi connectivity index (χ4n) is 6.82. The van der Waals surface area contributed by atoms with Crippen LogP contribution in [0.4, 0.5) is 0 Å². The molecule has 10 aromatic rings. The van der Waals surface area contributed by atoms with E-state index in [1.165, 1.54) is 30.9 Å². The Balaban J connectivity index is 1.36. The molecule has 5 heteroatoms. The summed E-state index contributed by atoms with van der Waals surface area (Å²) in [4.78, 5) is 10.7. The molecule has 0 aliphatic heterocycles. The van der Waals surface area contributed by atoms with Crippen molar-refractivity contribution < 1.29 is 4.42 Å². The van der Waals surface area contributed by atoms with Crippen LogP contribution >= 0.6 is 11.3 Å². The average Bonchev–Trinajstić information content (AvgIpc) is 3.78. The number of thiophene rings is 1. The summed E-state index contributed by atoms with van der Waals surface area (Å²) in [6.45, 7) is 0. The SMILES string of the molecule is c1ccc(-c2cccc(-c3nc(-n4c5ccccc5c5ccc6sc7ccccc7c6c54)nc4c3oc3ccccc34)c2)cc1. The maximum Gasteiger partial charge on any atom is 0.236 e. The molecule has 0 atom stereocenters. The van der Waals surface area contributed by atoms with Gasteiger partial charge in [-0.05, 0) is 47.5 Å². The number of furan rings is 1. The highest BCUT2D eigenvalue weighted by Gasteiger charge is 2.23. The van der Waals surface area contributed by atoms with Crippen LogP contribution in [0.15, 0.2) is 144 Å². The molecule has 0 bridgehead atoms. The number of benzene rings is 6. The van der Waals surface area contributed by atoms with E-state index in [0.717, 1.165) is 49.9 Å². The van der Waals surface area contributed by atoms with Gasteiger partial charge in [0, 0.05) is 41.9 Å². The topological polar surface area (TPSA) is 43.9 Å². The van der Waals surface area contributed by atoms with Crippen molar-refractivity contribution in [3.05, 3.63) is 140 Å². The van der Waals surface area contributed by atoms with Crippen molar-refractivity contribution in [1.82, 2.24) is 14.5 Å². The quantitative estimate of drug-likeness (QED) is 0.205. The van der Waals surface area contributed by atoms with Crippen LogP contribution in [0.3, 0.4) is 0 Å². The largest absolute Gasteiger partial charge is 0.452 e. The number of hydrogen-bond acceptors (Lipinski definition) is 4. The van der Waals surface area contributed by atoms with Crippen molar-refractivity contribution >= 4 is 75.4 Å². The number of para-hydroxylation sites is 2. The Hall–Kier alpha value is -5.78. The maximum atomic E-state index is 6.51. The summed E-state index contributed by atoms with van der Waals surface area (Å²) in [6.07, 6.45) is 0. The van der Waals surface area contributed by atoms with E-state index < -0.39 is 0 Å². The second-order valence-electron chi connectivity index (χ2n) is 11.4. The summed E-state index contributed by atoms with van der Waals surface area (Å²) in [5, 5.41) is 5.83. The zero-order chi connectivity index (χ0) is 29.5. The van der Waals surface area contributed by atoms with Gasteiger partial charge in [0.1, 0.15) is 16.8 Å². The highest BCUT2D eigenvalue weighted by molar-refractivity contribution is 7.26. The molecule has 0 unspecified atom stereocenters. The number of nitrogens with zero attached hydrogens (tertiary/aromatic N) is 3. The summed E-state index contributed by atoms with van der Waals surface area (Å²) in [5.74, 6) is 0.628. The predicted octanol–water partition coefficient (Wildman–Crippen LogP) is 11.2. The van der Waals surface area contributed by atoms with E-state index in [9.17, 15) is 0 Å². The van der Waals surface area contributed by atoms with Gasteiger partial charge in [0.05, 0.1) is 11.0 Å². The monoisotopic (exact) mass is 593 g/mol. The van der Waals surface area contributed by atoms with Gasteiger partial charge < -0.3 is 4.42 Å². The molecule has 0 fully saturated rings. The molecule has 0 saturated carbocycles. The Morgan fingerprint density at radius 2 is 1.27 bits per heavy atom. The van der Waals surface area contributed by atoms with E-state index in [-0.39, 0.29) is 0 Å². The van der Waals surface area contributed by atoms with Crippen molar-refractivity contribution in [1.29, 1.82) is 0 Å². The van der Waals surface area contributed by atoms with Gasteiger partial charge in [-0.15, -0.1) is 11.3 Å². The van der Waals surface area contributed by atoms with E-state index in [0.29, 0.717) is 11.5 Å². The van der Waals surface area contributed by atoms with Crippen LogP contribution in [0.5, 0.6) is 0 Å². The molecule has 4 aromatic heterocycles. The predicted molar refractivity (Wildman–Crippen MR) is 187 cm³/mol. The first kappa shape index (κ1) is 24.6. The van der Waals surface area contributed by atoms with Gasteiger partial charge in [0.25, 0.3) is 0 Å². The van der Waals surface area contributed by atoms with E-state index in [2.05, 4.69) is 120 Å². The molecule has 0 radical (unpaired) electrons. The van der Waals surface area contributed by atoms with Gasteiger partial charge in [-0.25, -0.2) is 9.97 Å². The second kappa shape index (κ2) is 9.36. The fourth-order valence-corrected chi connectivity index (χ4v) is 7.93. The highest BCUT2D eigenvalue weighted by Crippen LogP contribution is 2.43. The van der Waals surface area contributed by atoms with Crippen molar-refractivity contribution in [3.8, 4) is 28.3 Å². The van der Waals surface area contributed by atoms with Gasteiger partial charge in [-0.3, -0.25) is 4.57 Å². The van der Waals surface area contributed by atoms with E-state index in [1.54, 1.807) is 0 Å². The lowest BCUT2D eigenvalue weighted by Crippen LogP contribution is -2.03. The molecule has 0 spiro atoms. The fraction of sp³-hybridized carbons (Fsp3) is 0. The standard InChI is InChI=1S/C40H23N3OS/c1-2-11-24(12-3-1)25-13-10-14-26(23-25)36-39-37(29-16-5-8-19-32(29)44-39)42-40(41-36)43-31-18-7-4-15-27(31)28-21-22-34-35(38(28)43)30-17-6-9-20-33(30)45-34/h1-23H. The molecule has 0 amide bonds. The van der Waals surface area contributed by atoms with Gasteiger partial charge in [0.15, 0.2) is 5.58 Å². The van der Waals surface area contributed by atoms with Gasteiger partial charge in [-0.1, -0.05) is 103 Å². The van der Waals surface area contributed by atoms with Crippen LogP contribution in [0.1, 0.15) is 0 Å². The highest BCUT2D eigenvalue weighted by atomic mass is 32.1. The second-order valence-corrected chi connectivity index (χ2v) is 12.5. The van der Waals surface area contributed by atoms with Crippen LogP contribution in [-0.4, -0.2) is 14.5 Å². The van der Waals surface area contributed by atoms with E-state index in [4.69, 9.17) is 14.4 Å². The normalized spacial score (nSPS) is 12.0. The smallest absolute Gasteiger partial charge is 0.236 e. The zero-order valence-corrected chi connectivity index (χ0v) is 24.8. The summed E-state index contributed by atoms with van der Waals surface area (Å²) in [6, 6.07) is 48.9. The van der Waals surface area contributed by atoms with Crippen molar-refractivity contribution in [3.63, 3.8) is 0 Å². The van der Waals surface area contributed by atoms with Crippen molar-refractivity contribution in [2.45, 2.75) is 0 Å². The molecule has 210 valence electrons. The Labute approximate surface area is 261 Å².